The maximum atomic E-state index is 3.65. The van der Waals surface area contributed by atoms with Crippen LogP contribution in [0.25, 0.3) is 0 Å². The first kappa shape index (κ1) is 10.3. The number of piperazine rings is 1. The molecular weight excluding hydrogens is 196 g/mol. The van der Waals surface area contributed by atoms with Gasteiger partial charge in [0, 0.05) is 31.7 Å². The highest BCUT2D eigenvalue weighted by molar-refractivity contribution is 5.29. The van der Waals surface area contributed by atoms with Gasteiger partial charge in [0.25, 0.3) is 0 Å². The Kier molecular flexibility index (Phi) is 2.70. The molecule has 1 N–H and O–H groups in total. The molecule has 0 aromatic heterocycles. The third kappa shape index (κ3) is 2.00. The van der Waals surface area contributed by atoms with Gasteiger partial charge in [-0.05, 0) is 30.9 Å². The Morgan fingerprint density at radius 2 is 2.06 bits per heavy atom. The first-order chi connectivity index (χ1) is 7.84. The minimum Gasteiger partial charge on any atom is -0.308 e. The van der Waals surface area contributed by atoms with Crippen molar-refractivity contribution in [3.8, 4) is 0 Å². The largest absolute Gasteiger partial charge is 0.308 e. The van der Waals surface area contributed by atoms with E-state index >= 15 is 0 Å². The van der Waals surface area contributed by atoms with Crippen LogP contribution in [-0.2, 0) is 0 Å². The maximum absolute atomic E-state index is 3.65. The highest BCUT2D eigenvalue weighted by Gasteiger charge is 2.32. The zero-order valence-electron chi connectivity index (χ0n) is 9.95. The van der Waals surface area contributed by atoms with Crippen LogP contribution in [0.4, 0.5) is 0 Å². The lowest BCUT2D eigenvalue weighted by Crippen LogP contribution is -2.46. The average molecular weight is 216 g/mol. The van der Waals surface area contributed by atoms with E-state index in [1.165, 1.54) is 37.1 Å². The van der Waals surface area contributed by atoms with E-state index in [2.05, 4.69) is 41.4 Å². The van der Waals surface area contributed by atoms with Crippen LogP contribution in [0.3, 0.4) is 0 Å². The summed E-state index contributed by atoms with van der Waals surface area (Å²) >= 11 is 0. The van der Waals surface area contributed by atoms with E-state index in [0.717, 1.165) is 12.6 Å². The molecule has 0 bridgehead atoms. The van der Waals surface area contributed by atoms with Crippen molar-refractivity contribution in [2.45, 2.75) is 31.8 Å². The van der Waals surface area contributed by atoms with Crippen LogP contribution < -0.4 is 5.32 Å². The fourth-order valence-electron chi connectivity index (χ4n) is 2.73. The fourth-order valence-corrected chi connectivity index (χ4v) is 2.73. The maximum Gasteiger partial charge on any atom is 0.0452 e. The Morgan fingerprint density at radius 3 is 2.81 bits per heavy atom. The molecule has 1 aromatic rings. The molecule has 1 unspecified atom stereocenters. The molecule has 0 radical (unpaired) electrons. The minimum atomic E-state index is 0.538. The van der Waals surface area contributed by atoms with Crippen molar-refractivity contribution in [1.29, 1.82) is 0 Å². The Labute approximate surface area is 97.6 Å². The van der Waals surface area contributed by atoms with Crippen molar-refractivity contribution >= 4 is 0 Å². The van der Waals surface area contributed by atoms with Gasteiger partial charge in [-0.1, -0.05) is 24.3 Å². The molecule has 3 rings (SSSR count). The molecule has 0 amide bonds. The molecule has 2 heteroatoms. The molecule has 1 atom stereocenters. The summed E-state index contributed by atoms with van der Waals surface area (Å²) in [4.78, 5) is 2.66. The Morgan fingerprint density at radius 1 is 1.25 bits per heavy atom. The lowest BCUT2D eigenvalue weighted by molar-refractivity contribution is 0.192. The monoisotopic (exact) mass is 216 g/mol. The van der Waals surface area contributed by atoms with Gasteiger partial charge in [0.2, 0.25) is 0 Å². The van der Waals surface area contributed by atoms with Crippen molar-refractivity contribution in [2.75, 3.05) is 19.6 Å². The number of rotatable bonds is 2. The number of benzene rings is 1. The van der Waals surface area contributed by atoms with Crippen molar-refractivity contribution in [3.05, 3.63) is 35.4 Å². The van der Waals surface area contributed by atoms with Gasteiger partial charge in [0.05, 0.1) is 0 Å². The van der Waals surface area contributed by atoms with Crippen LogP contribution in [0.2, 0.25) is 0 Å². The smallest absolute Gasteiger partial charge is 0.0452 e. The van der Waals surface area contributed by atoms with E-state index in [9.17, 15) is 0 Å². The van der Waals surface area contributed by atoms with Gasteiger partial charge in [0.1, 0.15) is 0 Å². The van der Waals surface area contributed by atoms with Gasteiger partial charge in [-0.15, -0.1) is 0 Å². The van der Waals surface area contributed by atoms with Gasteiger partial charge in [-0.2, -0.15) is 0 Å². The van der Waals surface area contributed by atoms with Crippen LogP contribution >= 0.6 is 0 Å². The topological polar surface area (TPSA) is 15.3 Å². The highest BCUT2D eigenvalue weighted by Crippen LogP contribution is 2.30. The molecule has 2 aliphatic rings. The average Bonchev–Trinajstić information content (AvgIpc) is 3.14. The second-order valence-corrected chi connectivity index (χ2v) is 5.09. The molecular formula is C14H20N2. The fraction of sp³-hybridized carbons (Fsp3) is 0.571. The predicted molar refractivity (Wildman–Crippen MR) is 66.5 cm³/mol. The van der Waals surface area contributed by atoms with E-state index < -0.39 is 0 Å². The summed E-state index contributed by atoms with van der Waals surface area (Å²) in [7, 11) is 0. The first-order valence-corrected chi connectivity index (χ1v) is 6.37. The standard InChI is InChI=1S/C14H20N2/c1-11-4-2-3-5-13(11)14-10-16(9-8-15-14)12-6-7-12/h2-5,12,14-15H,6-10H2,1H3. The second-order valence-electron chi connectivity index (χ2n) is 5.09. The summed E-state index contributed by atoms with van der Waals surface area (Å²) < 4.78 is 0. The number of nitrogens with zero attached hydrogens (tertiary/aromatic N) is 1. The molecule has 1 aliphatic heterocycles. The highest BCUT2D eigenvalue weighted by atomic mass is 15.2. The van der Waals surface area contributed by atoms with Crippen molar-refractivity contribution in [2.24, 2.45) is 0 Å². The molecule has 16 heavy (non-hydrogen) atoms. The van der Waals surface area contributed by atoms with Gasteiger partial charge in [-0.3, -0.25) is 4.90 Å². The van der Waals surface area contributed by atoms with Crippen molar-refractivity contribution in [1.82, 2.24) is 10.2 Å². The first-order valence-electron chi connectivity index (χ1n) is 6.37. The zero-order chi connectivity index (χ0) is 11.0. The Bertz CT molecular complexity index is 371. The van der Waals surface area contributed by atoms with Crippen molar-refractivity contribution in [3.63, 3.8) is 0 Å². The second kappa shape index (κ2) is 4.19. The summed E-state index contributed by atoms with van der Waals surface area (Å²) in [6.07, 6.45) is 2.83. The van der Waals surface area contributed by atoms with Crippen LogP contribution in [0.15, 0.2) is 24.3 Å². The van der Waals surface area contributed by atoms with Gasteiger partial charge >= 0.3 is 0 Å². The van der Waals surface area contributed by atoms with Crippen LogP contribution in [0.5, 0.6) is 0 Å². The lowest BCUT2D eigenvalue weighted by atomic mass is 9.99. The predicted octanol–water partition coefficient (Wildman–Crippen LogP) is 2.10. The summed E-state index contributed by atoms with van der Waals surface area (Å²) in [6, 6.07) is 10.2. The Balaban J connectivity index is 1.76. The molecule has 2 fully saturated rings. The van der Waals surface area contributed by atoms with E-state index in [-0.39, 0.29) is 0 Å². The third-order valence-electron chi connectivity index (χ3n) is 3.83. The molecule has 86 valence electrons. The lowest BCUT2D eigenvalue weighted by Gasteiger charge is -2.34. The normalized spacial score (nSPS) is 26.9. The number of aryl methyl sites for hydroxylation is 1. The minimum absolute atomic E-state index is 0.538. The van der Waals surface area contributed by atoms with Gasteiger partial charge < -0.3 is 5.32 Å². The van der Waals surface area contributed by atoms with Crippen LogP contribution in [-0.4, -0.2) is 30.6 Å². The number of hydrogen-bond donors (Lipinski definition) is 1. The van der Waals surface area contributed by atoms with Crippen LogP contribution in [0, 0.1) is 6.92 Å². The van der Waals surface area contributed by atoms with Gasteiger partial charge in [-0.25, -0.2) is 0 Å². The summed E-state index contributed by atoms with van der Waals surface area (Å²) in [5, 5.41) is 3.65. The summed E-state index contributed by atoms with van der Waals surface area (Å²) in [5.74, 6) is 0. The third-order valence-corrected chi connectivity index (χ3v) is 3.83. The molecule has 1 saturated carbocycles. The molecule has 1 saturated heterocycles. The summed E-state index contributed by atoms with van der Waals surface area (Å²) in [6.45, 7) is 5.77. The SMILES string of the molecule is Cc1ccccc1C1CN(C2CC2)CCN1. The van der Waals surface area contributed by atoms with Gasteiger partial charge in [0.15, 0.2) is 0 Å². The summed E-state index contributed by atoms with van der Waals surface area (Å²) in [5.41, 5.74) is 2.89. The molecule has 1 aromatic carbocycles. The van der Waals surface area contributed by atoms with Crippen molar-refractivity contribution < 1.29 is 0 Å². The van der Waals surface area contributed by atoms with E-state index in [1.54, 1.807) is 0 Å². The van der Waals surface area contributed by atoms with Crippen LogP contribution in [0.1, 0.15) is 30.0 Å². The zero-order valence-corrected chi connectivity index (χ0v) is 9.95. The van der Waals surface area contributed by atoms with E-state index in [4.69, 9.17) is 0 Å². The Hall–Kier alpha value is -0.860. The molecule has 2 nitrogen and oxygen atoms in total. The quantitative estimate of drug-likeness (QED) is 0.814. The van der Waals surface area contributed by atoms with E-state index in [1.807, 2.05) is 0 Å². The molecule has 1 aliphatic carbocycles. The van der Waals surface area contributed by atoms with E-state index in [0.29, 0.717) is 6.04 Å². The molecule has 0 spiro atoms. The number of nitrogens with one attached hydrogen (secondary N) is 1. The molecule has 1 heterocycles. The number of hydrogen-bond acceptors (Lipinski definition) is 2.